The summed E-state index contributed by atoms with van der Waals surface area (Å²) in [7, 11) is 1.33. The van der Waals surface area contributed by atoms with Crippen LogP contribution in [0.2, 0.25) is 0 Å². The number of nitro groups is 1. The number of anilines is 1. The summed E-state index contributed by atoms with van der Waals surface area (Å²) in [4.78, 5) is 22.5. The molecular weight excluding hydrogens is 276 g/mol. The molecule has 0 unspecified atom stereocenters. The highest BCUT2D eigenvalue weighted by Crippen LogP contribution is 2.28. The van der Waals surface area contributed by atoms with E-state index >= 15 is 0 Å². The van der Waals surface area contributed by atoms with Crippen LogP contribution in [0.25, 0.3) is 0 Å². The van der Waals surface area contributed by atoms with Gasteiger partial charge < -0.3 is 10.1 Å². The van der Waals surface area contributed by atoms with Gasteiger partial charge in [0.25, 0.3) is 5.91 Å². The summed E-state index contributed by atoms with van der Waals surface area (Å²) in [6.07, 6.45) is 0. The molecule has 1 aromatic heterocycles. The van der Waals surface area contributed by atoms with Crippen LogP contribution in [0, 0.1) is 24.0 Å². The number of nitrogens with zero attached hydrogens (tertiary/aromatic N) is 2. The molecule has 21 heavy (non-hydrogen) atoms. The number of hydrogen-bond acceptors (Lipinski definition) is 5. The number of nitrogens with one attached hydrogen (secondary N) is 2. The number of H-pyrrole nitrogens is 1. The maximum absolute atomic E-state index is 12.1. The van der Waals surface area contributed by atoms with Crippen LogP contribution in [0.15, 0.2) is 18.2 Å². The lowest BCUT2D eigenvalue weighted by Crippen LogP contribution is -2.13. The van der Waals surface area contributed by atoms with Gasteiger partial charge >= 0.3 is 5.69 Å². The maximum Gasteiger partial charge on any atom is 0.311 e. The van der Waals surface area contributed by atoms with Gasteiger partial charge in [0.05, 0.1) is 12.0 Å². The lowest BCUT2D eigenvalue weighted by molar-refractivity contribution is -0.385. The van der Waals surface area contributed by atoms with E-state index in [1.54, 1.807) is 0 Å². The van der Waals surface area contributed by atoms with Crippen molar-refractivity contribution in [1.82, 2.24) is 10.2 Å². The lowest BCUT2D eigenvalue weighted by atomic mass is 10.1. The number of benzene rings is 1. The van der Waals surface area contributed by atoms with Gasteiger partial charge in [0, 0.05) is 22.9 Å². The van der Waals surface area contributed by atoms with E-state index in [2.05, 4.69) is 15.5 Å². The Morgan fingerprint density at radius 1 is 1.43 bits per heavy atom. The van der Waals surface area contributed by atoms with E-state index in [9.17, 15) is 14.9 Å². The summed E-state index contributed by atoms with van der Waals surface area (Å²) in [6, 6.07) is 4.01. The summed E-state index contributed by atoms with van der Waals surface area (Å²) in [5, 5.41) is 20.3. The monoisotopic (exact) mass is 290 g/mol. The number of ether oxygens (including phenoxy) is 1. The molecule has 0 saturated heterocycles. The Morgan fingerprint density at radius 2 is 2.14 bits per heavy atom. The minimum atomic E-state index is -0.598. The van der Waals surface area contributed by atoms with Crippen molar-refractivity contribution in [3.05, 3.63) is 45.1 Å². The number of aromatic amines is 1. The summed E-state index contributed by atoms with van der Waals surface area (Å²) >= 11 is 0. The number of rotatable bonds is 4. The first-order valence-corrected chi connectivity index (χ1v) is 6.09. The fraction of sp³-hybridized carbons (Fsp3) is 0.231. The fourth-order valence-electron chi connectivity index (χ4n) is 1.76. The normalized spacial score (nSPS) is 10.2. The van der Waals surface area contributed by atoms with E-state index in [4.69, 9.17) is 4.74 Å². The molecule has 1 heterocycles. The summed E-state index contributed by atoms with van der Waals surface area (Å²) in [5.41, 5.74) is 1.54. The zero-order chi connectivity index (χ0) is 15.6. The van der Waals surface area contributed by atoms with Gasteiger partial charge in [-0.1, -0.05) is 0 Å². The van der Waals surface area contributed by atoms with Gasteiger partial charge in [-0.3, -0.25) is 20.0 Å². The molecule has 1 aromatic carbocycles. The highest BCUT2D eigenvalue weighted by molar-refractivity contribution is 6.04. The Hall–Kier alpha value is -2.90. The second-order valence-electron chi connectivity index (χ2n) is 4.42. The van der Waals surface area contributed by atoms with Crippen molar-refractivity contribution >= 4 is 17.4 Å². The number of carbonyl (C=O) groups is 1. The van der Waals surface area contributed by atoms with Gasteiger partial charge in [-0.25, -0.2) is 0 Å². The average molecular weight is 290 g/mol. The minimum Gasteiger partial charge on any atom is -0.490 e. The van der Waals surface area contributed by atoms with Crippen molar-refractivity contribution in [2.45, 2.75) is 13.8 Å². The number of methoxy groups -OCH3 is 1. The molecular formula is C13H14N4O4. The Bertz CT molecular complexity index is 708. The molecule has 8 nitrogen and oxygen atoms in total. The number of carbonyl (C=O) groups excluding carboxylic acids is 1. The predicted octanol–water partition coefficient (Wildman–Crippen LogP) is 2.20. The first-order valence-electron chi connectivity index (χ1n) is 6.09. The molecule has 0 spiro atoms. The Kier molecular flexibility index (Phi) is 3.88. The van der Waals surface area contributed by atoms with Crippen LogP contribution in [0.5, 0.6) is 5.75 Å². The molecule has 110 valence electrons. The van der Waals surface area contributed by atoms with Crippen molar-refractivity contribution < 1.29 is 14.5 Å². The Labute approximate surface area is 120 Å². The minimum absolute atomic E-state index is 0.100. The van der Waals surface area contributed by atoms with Gasteiger partial charge in [-0.05, 0) is 26.0 Å². The van der Waals surface area contributed by atoms with Crippen molar-refractivity contribution in [1.29, 1.82) is 0 Å². The van der Waals surface area contributed by atoms with Crippen molar-refractivity contribution in [3.8, 4) is 5.75 Å². The molecule has 0 aliphatic carbocycles. The van der Waals surface area contributed by atoms with Crippen LogP contribution in [0.3, 0.4) is 0 Å². The number of aryl methyl sites for hydroxylation is 1. The van der Waals surface area contributed by atoms with E-state index in [-0.39, 0.29) is 17.0 Å². The van der Waals surface area contributed by atoms with Crippen molar-refractivity contribution in [3.63, 3.8) is 0 Å². The predicted molar refractivity (Wildman–Crippen MR) is 75.7 cm³/mol. The van der Waals surface area contributed by atoms with E-state index in [1.807, 2.05) is 13.8 Å². The summed E-state index contributed by atoms with van der Waals surface area (Å²) < 4.78 is 4.89. The van der Waals surface area contributed by atoms with Crippen molar-refractivity contribution in [2.24, 2.45) is 0 Å². The number of hydrogen-bond donors (Lipinski definition) is 2. The third-order valence-corrected chi connectivity index (χ3v) is 3.12. The van der Waals surface area contributed by atoms with E-state index in [0.717, 1.165) is 11.3 Å². The summed E-state index contributed by atoms with van der Waals surface area (Å²) in [6.45, 7) is 3.64. The van der Waals surface area contributed by atoms with Gasteiger partial charge in [-0.15, -0.1) is 0 Å². The molecule has 1 amide bonds. The number of amides is 1. The van der Waals surface area contributed by atoms with E-state index in [0.29, 0.717) is 5.82 Å². The summed E-state index contributed by atoms with van der Waals surface area (Å²) in [5.74, 6) is 0.0228. The molecule has 0 aliphatic heterocycles. The van der Waals surface area contributed by atoms with E-state index < -0.39 is 10.8 Å². The molecule has 0 atom stereocenters. The molecule has 0 bridgehead atoms. The lowest BCUT2D eigenvalue weighted by Gasteiger charge is -2.05. The fourth-order valence-corrected chi connectivity index (χ4v) is 1.76. The topological polar surface area (TPSA) is 110 Å². The van der Waals surface area contributed by atoms with Crippen molar-refractivity contribution in [2.75, 3.05) is 12.4 Å². The largest absolute Gasteiger partial charge is 0.490 e. The van der Waals surface area contributed by atoms with Crippen LogP contribution in [0.1, 0.15) is 21.6 Å². The molecule has 2 rings (SSSR count). The van der Waals surface area contributed by atoms with Crippen LogP contribution in [-0.4, -0.2) is 28.1 Å². The number of aromatic nitrogens is 2. The second kappa shape index (κ2) is 5.61. The molecule has 2 aromatic rings. The van der Waals surface area contributed by atoms with Gasteiger partial charge in [0.15, 0.2) is 11.6 Å². The van der Waals surface area contributed by atoms with Gasteiger partial charge in [0.2, 0.25) is 0 Å². The molecule has 0 radical (unpaired) electrons. The van der Waals surface area contributed by atoms with Gasteiger partial charge in [-0.2, -0.15) is 5.10 Å². The zero-order valence-corrected chi connectivity index (χ0v) is 11.8. The van der Waals surface area contributed by atoms with E-state index in [1.165, 1.54) is 25.3 Å². The SMILES string of the molecule is COc1ccc(C(=O)Nc2n[nH]c(C)c2C)cc1[N+](=O)[O-]. The third kappa shape index (κ3) is 2.83. The van der Waals surface area contributed by atoms with Gasteiger partial charge in [0.1, 0.15) is 0 Å². The quantitative estimate of drug-likeness (QED) is 0.662. The molecule has 0 aliphatic rings. The molecule has 0 fully saturated rings. The first-order chi connectivity index (χ1) is 9.93. The van der Waals surface area contributed by atoms with Crippen LogP contribution in [0.4, 0.5) is 11.5 Å². The molecule has 2 N–H and O–H groups in total. The Morgan fingerprint density at radius 3 is 2.67 bits per heavy atom. The second-order valence-corrected chi connectivity index (χ2v) is 4.42. The zero-order valence-electron chi connectivity index (χ0n) is 11.8. The standard InChI is InChI=1S/C13H14N4O4/c1-7-8(2)15-16-12(7)14-13(18)9-4-5-11(21-3)10(6-9)17(19)20/h4-6H,1-3H3,(H2,14,15,16,18). The molecule has 0 saturated carbocycles. The van der Waals surface area contributed by atoms with Crippen LogP contribution >= 0.6 is 0 Å². The first kappa shape index (κ1) is 14.5. The Balaban J connectivity index is 2.29. The third-order valence-electron chi connectivity index (χ3n) is 3.12. The maximum atomic E-state index is 12.1. The highest BCUT2D eigenvalue weighted by atomic mass is 16.6. The smallest absolute Gasteiger partial charge is 0.311 e. The highest BCUT2D eigenvalue weighted by Gasteiger charge is 2.19. The van der Waals surface area contributed by atoms with Crippen LogP contribution in [-0.2, 0) is 0 Å². The average Bonchev–Trinajstić information content (AvgIpc) is 2.78. The number of nitro benzene ring substituents is 1. The van der Waals surface area contributed by atoms with Crippen LogP contribution < -0.4 is 10.1 Å². The molecule has 8 heteroatoms.